The van der Waals surface area contributed by atoms with Crippen LogP contribution in [0, 0.1) is 0 Å². The van der Waals surface area contributed by atoms with E-state index in [2.05, 4.69) is 17.9 Å². The number of thiol groups is 1. The number of hydrogen-bond acceptors (Lipinski definition) is 3. The molecule has 13 heavy (non-hydrogen) atoms. The molecule has 2 rings (SSSR count). The second-order valence-electron chi connectivity index (χ2n) is 3.47. The minimum absolute atomic E-state index is 0.455. The van der Waals surface area contributed by atoms with E-state index < -0.39 is 0 Å². The average molecular weight is 194 g/mol. The van der Waals surface area contributed by atoms with Crippen LogP contribution in [0.2, 0.25) is 0 Å². The van der Waals surface area contributed by atoms with Crippen molar-refractivity contribution in [3.8, 4) is 0 Å². The van der Waals surface area contributed by atoms with Gasteiger partial charge in [-0.2, -0.15) is 0 Å². The maximum absolute atomic E-state index is 5.73. The number of nitrogens with one attached hydrogen (secondary N) is 1. The van der Waals surface area contributed by atoms with E-state index in [1.807, 2.05) is 18.2 Å². The van der Waals surface area contributed by atoms with Gasteiger partial charge in [0.05, 0.1) is 0 Å². The maximum atomic E-state index is 5.73. The van der Waals surface area contributed by atoms with Gasteiger partial charge in [0, 0.05) is 16.6 Å². The number of anilines is 1. The molecule has 0 unspecified atom stereocenters. The number of hydrogen-bond donors (Lipinski definition) is 3. The smallest absolute Gasteiger partial charge is 0.0332 e. The molecule has 0 radical (unpaired) electrons. The Morgan fingerprint density at radius 2 is 2.31 bits per heavy atom. The highest BCUT2D eigenvalue weighted by molar-refractivity contribution is 7.80. The molecule has 0 amide bonds. The van der Waals surface area contributed by atoms with Crippen LogP contribution in [0.4, 0.5) is 5.69 Å². The lowest BCUT2D eigenvalue weighted by molar-refractivity contribution is 0.637. The lowest BCUT2D eigenvalue weighted by Gasteiger charge is -2.13. The predicted octanol–water partition coefficient (Wildman–Crippen LogP) is 1.98. The summed E-state index contributed by atoms with van der Waals surface area (Å²) in [5.74, 6) is 0. The predicted molar refractivity (Wildman–Crippen MR) is 58.1 cm³/mol. The van der Waals surface area contributed by atoms with Crippen molar-refractivity contribution >= 4 is 18.3 Å². The van der Waals surface area contributed by atoms with Gasteiger partial charge < -0.3 is 11.1 Å². The molecule has 0 saturated carbocycles. The molecule has 2 nitrogen and oxygen atoms in total. The van der Waals surface area contributed by atoms with Gasteiger partial charge in [0.15, 0.2) is 0 Å². The van der Waals surface area contributed by atoms with Crippen molar-refractivity contribution < 1.29 is 0 Å². The number of rotatable bonds is 1. The van der Waals surface area contributed by atoms with Crippen LogP contribution in [0.25, 0.3) is 0 Å². The molecule has 1 heterocycles. The van der Waals surface area contributed by atoms with Crippen molar-refractivity contribution in [2.45, 2.75) is 23.8 Å². The second-order valence-corrected chi connectivity index (χ2v) is 3.95. The van der Waals surface area contributed by atoms with Gasteiger partial charge in [0.25, 0.3) is 0 Å². The highest BCUT2D eigenvalue weighted by Gasteiger charge is 2.17. The van der Waals surface area contributed by atoms with Crippen LogP contribution in [-0.4, -0.2) is 6.54 Å². The molecule has 0 aromatic heterocycles. The maximum Gasteiger partial charge on any atom is 0.0332 e. The van der Waals surface area contributed by atoms with Crippen molar-refractivity contribution in [3.05, 3.63) is 23.8 Å². The van der Waals surface area contributed by atoms with Crippen molar-refractivity contribution in [1.82, 2.24) is 5.32 Å². The summed E-state index contributed by atoms with van der Waals surface area (Å²) in [6.45, 7) is 1.10. The van der Waals surface area contributed by atoms with Crippen LogP contribution in [0.5, 0.6) is 0 Å². The molecule has 3 heteroatoms. The Labute approximate surface area is 83.9 Å². The zero-order valence-corrected chi connectivity index (χ0v) is 8.35. The summed E-state index contributed by atoms with van der Waals surface area (Å²) in [6.07, 6.45) is 2.43. The third-order valence-corrected chi connectivity index (χ3v) is 2.89. The monoisotopic (exact) mass is 194 g/mol. The van der Waals surface area contributed by atoms with E-state index in [0.717, 1.165) is 17.1 Å². The van der Waals surface area contributed by atoms with E-state index in [9.17, 15) is 0 Å². The van der Waals surface area contributed by atoms with Gasteiger partial charge in [-0.1, -0.05) is 0 Å². The normalized spacial score (nSPS) is 22.1. The Kier molecular flexibility index (Phi) is 2.47. The van der Waals surface area contributed by atoms with Gasteiger partial charge >= 0.3 is 0 Å². The van der Waals surface area contributed by atoms with Gasteiger partial charge in [-0.25, -0.2) is 0 Å². The zero-order chi connectivity index (χ0) is 9.26. The van der Waals surface area contributed by atoms with E-state index in [1.54, 1.807) is 0 Å². The SMILES string of the molecule is Nc1ccc(S)c([C@H]2CCCN2)c1. The molecule has 1 aromatic carbocycles. The van der Waals surface area contributed by atoms with Gasteiger partial charge in [0.2, 0.25) is 0 Å². The molecular formula is C10H14N2S. The molecule has 0 aliphatic carbocycles. The molecule has 0 spiro atoms. The van der Waals surface area contributed by atoms with Crippen molar-refractivity contribution in [1.29, 1.82) is 0 Å². The molecule has 1 aliphatic heterocycles. The highest BCUT2D eigenvalue weighted by atomic mass is 32.1. The van der Waals surface area contributed by atoms with E-state index in [1.165, 1.54) is 18.4 Å². The molecule has 1 aliphatic rings. The first-order chi connectivity index (χ1) is 6.27. The lowest BCUT2D eigenvalue weighted by atomic mass is 10.0. The third kappa shape index (κ3) is 1.81. The fraction of sp³-hybridized carbons (Fsp3) is 0.400. The Balaban J connectivity index is 2.32. The summed E-state index contributed by atoms with van der Waals surface area (Å²) in [7, 11) is 0. The van der Waals surface area contributed by atoms with Crippen molar-refractivity contribution in [2.24, 2.45) is 0 Å². The summed E-state index contributed by atoms with van der Waals surface area (Å²) < 4.78 is 0. The molecule has 1 aromatic rings. The van der Waals surface area contributed by atoms with Gasteiger partial charge in [-0.3, -0.25) is 0 Å². The van der Waals surface area contributed by atoms with Crippen LogP contribution in [0.3, 0.4) is 0 Å². The Morgan fingerprint density at radius 1 is 1.46 bits per heavy atom. The van der Waals surface area contributed by atoms with Crippen LogP contribution >= 0.6 is 12.6 Å². The second kappa shape index (κ2) is 3.60. The van der Waals surface area contributed by atoms with Crippen LogP contribution < -0.4 is 11.1 Å². The van der Waals surface area contributed by atoms with Crippen LogP contribution in [0.1, 0.15) is 24.4 Å². The topological polar surface area (TPSA) is 38.0 Å². The summed E-state index contributed by atoms with van der Waals surface area (Å²) in [5.41, 5.74) is 7.79. The van der Waals surface area contributed by atoms with Crippen LogP contribution in [-0.2, 0) is 0 Å². The van der Waals surface area contributed by atoms with Crippen molar-refractivity contribution in [3.63, 3.8) is 0 Å². The summed E-state index contributed by atoms with van der Waals surface area (Å²) >= 11 is 4.42. The summed E-state index contributed by atoms with van der Waals surface area (Å²) in [4.78, 5) is 1.04. The molecule has 70 valence electrons. The molecular weight excluding hydrogens is 180 g/mol. The van der Waals surface area contributed by atoms with E-state index in [-0.39, 0.29) is 0 Å². The van der Waals surface area contributed by atoms with E-state index in [4.69, 9.17) is 5.73 Å². The molecule has 1 saturated heterocycles. The number of benzene rings is 1. The first-order valence-corrected chi connectivity index (χ1v) is 5.04. The Morgan fingerprint density at radius 3 is 3.00 bits per heavy atom. The van der Waals surface area contributed by atoms with Gasteiger partial charge in [-0.15, -0.1) is 12.6 Å². The minimum atomic E-state index is 0.455. The molecule has 1 atom stereocenters. The first-order valence-electron chi connectivity index (χ1n) is 4.59. The Bertz CT molecular complexity index is 306. The van der Waals surface area contributed by atoms with Crippen molar-refractivity contribution in [2.75, 3.05) is 12.3 Å². The third-order valence-electron chi connectivity index (χ3n) is 2.49. The quantitative estimate of drug-likeness (QED) is 0.472. The molecule has 1 fully saturated rings. The average Bonchev–Trinajstić information content (AvgIpc) is 2.61. The van der Waals surface area contributed by atoms with Gasteiger partial charge in [0.1, 0.15) is 0 Å². The lowest BCUT2D eigenvalue weighted by Crippen LogP contribution is -2.13. The number of nitrogen functional groups attached to an aromatic ring is 1. The van der Waals surface area contributed by atoms with E-state index in [0.29, 0.717) is 6.04 Å². The number of nitrogens with two attached hydrogens (primary N) is 1. The molecule has 3 N–H and O–H groups in total. The first kappa shape index (κ1) is 8.91. The minimum Gasteiger partial charge on any atom is -0.399 e. The largest absolute Gasteiger partial charge is 0.399 e. The fourth-order valence-electron chi connectivity index (χ4n) is 1.80. The Hall–Kier alpha value is -0.670. The molecule has 0 bridgehead atoms. The standard InChI is InChI=1S/C10H14N2S/c11-7-3-4-10(13)8(6-7)9-2-1-5-12-9/h3-4,6,9,12-13H,1-2,5,11H2/t9-/m1/s1. The summed E-state index contributed by atoms with van der Waals surface area (Å²) in [5, 5.41) is 3.44. The van der Waals surface area contributed by atoms with Crippen LogP contribution in [0.15, 0.2) is 23.1 Å². The highest BCUT2D eigenvalue weighted by Crippen LogP contribution is 2.29. The summed E-state index contributed by atoms with van der Waals surface area (Å²) in [6, 6.07) is 6.33. The van der Waals surface area contributed by atoms with E-state index >= 15 is 0 Å². The fourth-order valence-corrected chi connectivity index (χ4v) is 2.10. The van der Waals surface area contributed by atoms with Gasteiger partial charge in [-0.05, 0) is 43.1 Å². The zero-order valence-electron chi connectivity index (χ0n) is 7.46.